The smallest absolute Gasteiger partial charge is 0.383 e. The van der Waals surface area contributed by atoms with E-state index in [9.17, 15) is 18.4 Å². The molecule has 8 heteroatoms. The molecule has 0 spiro atoms. The van der Waals surface area contributed by atoms with Gasteiger partial charge in [0.25, 0.3) is 0 Å². The van der Waals surface area contributed by atoms with Gasteiger partial charge in [-0.3, -0.25) is 0 Å². The summed E-state index contributed by atoms with van der Waals surface area (Å²) in [5.74, 6) is -0.0190. The Morgan fingerprint density at radius 2 is 2.04 bits per heavy atom. The van der Waals surface area contributed by atoms with Crippen LogP contribution in [0.4, 0.5) is 18.9 Å². The maximum absolute atomic E-state index is 13.0. The lowest BCUT2D eigenvalue weighted by molar-refractivity contribution is -0.137. The molecule has 5 nitrogen and oxygen atoms in total. The van der Waals surface area contributed by atoms with Crippen molar-refractivity contribution in [2.45, 2.75) is 33.1 Å². The summed E-state index contributed by atoms with van der Waals surface area (Å²) in [6.07, 6.45) is -2.75. The molecule has 0 bridgehead atoms. The Balaban J connectivity index is 0.00000243. The highest BCUT2D eigenvalue weighted by atomic mass is 19.4. The molecule has 2 heterocycles. The van der Waals surface area contributed by atoms with Crippen LogP contribution in [0.2, 0.25) is 0 Å². The number of nitrogens with zero attached hydrogens (tertiary/aromatic N) is 3. The molecule has 2 aliphatic heterocycles. The van der Waals surface area contributed by atoms with E-state index in [1.54, 1.807) is 6.08 Å². The lowest BCUT2D eigenvalue weighted by atomic mass is 9.92. The van der Waals surface area contributed by atoms with Crippen LogP contribution < -0.4 is 10.7 Å². The van der Waals surface area contributed by atoms with Gasteiger partial charge < -0.3 is 10.5 Å². The number of alkyl halides is 3. The first-order valence-corrected chi connectivity index (χ1v) is 7.45. The Bertz CT molecular complexity index is 860. The topological polar surface area (TPSA) is 74.6 Å². The molecule has 0 unspecified atom stereocenters. The van der Waals surface area contributed by atoms with E-state index in [1.165, 1.54) is 12.1 Å². The van der Waals surface area contributed by atoms with E-state index >= 15 is 0 Å². The number of hydrogen-bond acceptors (Lipinski definition) is 5. The summed E-state index contributed by atoms with van der Waals surface area (Å²) < 4.78 is 44.5. The predicted molar refractivity (Wildman–Crippen MR) is 93.0 cm³/mol. The Hall–Kier alpha value is -2.79. The van der Waals surface area contributed by atoms with Crippen molar-refractivity contribution in [2.24, 2.45) is 10.8 Å². The highest BCUT2D eigenvalue weighted by molar-refractivity contribution is 6.08. The molecule has 1 aromatic rings. The minimum Gasteiger partial charge on any atom is -0.383 e. The maximum atomic E-state index is 13.0. The number of rotatable bonds is 1. The molecule has 0 fully saturated rings. The first-order valence-electron chi connectivity index (χ1n) is 7.45. The Labute approximate surface area is 149 Å². The number of benzene rings is 1. The molecule has 0 aliphatic carbocycles. The third kappa shape index (κ3) is 3.44. The summed E-state index contributed by atoms with van der Waals surface area (Å²) in [7, 11) is 0. The molecule has 0 amide bonds. The highest BCUT2D eigenvalue weighted by Gasteiger charge is 2.35. The first-order chi connectivity index (χ1) is 11.6. The second-order valence-corrected chi connectivity index (χ2v) is 6.23. The SMILES string of the molecule is C.CC1(C)C=C2C(=NN(c3cccc(C(F)(F)F)c3)C(N)=C2C#N)CO1. The summed E-state index contributed by atoms with van der Waals surface area (Å²) in [6.45, 7) is 3.80. The van der Waals surface area contributed by atoms with Gasteiger partial charge in [0.1, 0.15) is 17.5 Å². The summed E-state index contributed by atoms with van der Waals surface area (Å²) in [5.41, 5.74) is 5.91. The van der Waals surface area contributed by atoms with Gasteiger partial charge in [-0.2, -0.15) is 23.5 Å². The molecule has 0 radical (unpaired) electrons. The van der Waals surface area contributed by atoms with Gasteiger partial charge >= 0.3 is 6.18 Å². The van der Waals surface area contributed by atoms with Gasteiger partial charge in [-0.1, -0.05) is 13.5 Å². The fourth-order valence-corrected chi connectivity index (χ4v) is 2.65. The largest absolute Gasteiger partial charge is 0.416 e. The lowest BCUT2D eigenvalue weighted by Gasteiger charge is -2.34. The fraction of sp³-hybridized carbons (Fsp3) is 0.333. The van der Waals surface area contributed by atoms with Gasteiger partial charge in [0.15, 0.2) is 0 Å². The summed E-state index contributed by atoms with van der Waals surface area (Å²) in [4.78, 5) is 0. The van der Waals surface area contributed by atoms with Crippen LogP contribution in [-0.2, 0) is 10.9 Å². The zero-order chi connectivity index (χ0) is 18.4. The van der Waals surface area contributed by atoms with E-state index < -0.39 is 17.3 Å². The molecular weight excluding hydrogens is 345 g/mol. The molecule has 3 rings (SSSR count). The number of allylic oxidation sites excluding steroid dienone is 1. The van der Waals surface area contributed by atoms with Crippen molar-refractivity contribution in [3.8, 4) is 6.07 Å². The predicted octanol–water partition coefficient (Wildman–Crippen LogP) is 3.95. The Kier molecular flexibility index (Phi) is 4.88. The second kappa shape index (κ2) is 6.50. The number of hydrazone groups is 1. The minimum absolute atomic E-state index is 0. The van der Waals surface area contributed by atoms with E-state index in [0.29, 0.717) is 11.3 Å². The zero-order valence-electron chi connectivity index (χ0n) is 13.6. The van der Waals surface area contributed by atoms with Crippen LogP contribution in [-0.4, -0.2) is 17.9 Å². The standard InChI is InChI=1S/C17H15F3N4O.CH4/c1-16(2)7-12-13(8-21)15(22)24(23-14(12)9-25-16)11-5-3-4-10(6-11)17(18,19)20;/h3-7H,9,22H2,1-2H3;1H4. The molecule has 0 saturated heterocycles. The lowest BCUT2D eigenvalue weighted by Crippen LogP contribution is -2.39. The zero-order valence-corrected chi connectivity index (χ0v) is 13.6. The molecule has 2 aliphatic rings. The number of hydrogen-bond donors (Lipinski definition) is 1. The third-order valence-electron chi connectivity index (χ3n) is 3.89. The van der Waals surface area contributed by atoms with Crippen LogP contribution in [0, 0.1) is 11.3 Å². The average molecular weight is 364 g/mol. The van der Waals surface area contributed by atoms with Crippen molar-refractivity contribution in [1.29, 1.82) is 5.26 Å². The van der Waals surface area contributed by atoms with Crippen molar-refractivity contribution < 1.29 is 17.9 Å². The molecule has 0 aromatic heterocycles. The van der Waals surface area contributed by atoms with Crippen LogP contribution in [0.25, 0.3) is 0 Å². The molecule has 1 aromatic carbocycles. The van der Waals surface area contributed by atoms with Crippen molar-refractivity contribution in [3.63, 3.8) is 0 Å². The van der Waals surface area contributed by atoms with Crippen LogP contribution in [0.1, 0.15) is 26.8 Å². The van der Waals surface area contributed by atoms with E-state index in [4.69, 9.17) is 10.5 Å². The van der Waals surface area contributed by atoms with Crippen molar-refractivity contribution >= 4 is 11.4 Å². The number of halogens is 3. The number of fused-ring (bicyclic) bond motifs is 1. The maximum Gasteiger partial charge on any atom is 0.416 e. The van der Waals surface area contributed by atoms with Crippen molar-refractivity contribution in [2.75, 3.05) is 11.6 Å². The first kappa shape index (κ1) is 19.5. The van der Waals surface area contributed by atoms with E-state index in [0.717, 1.165) is 17.1 Å². The molecule has 26 heavy (non-hydrogen) atoms. The molecular formula is C18H19F3N4O. The third-order valence-corrected chi connectivity index (χ3v) is 3.89. The molecule has 2 N–H and O–H groups in total. The van der Waals surface area contributed by atoms with E-state index in [2.05, 4.69) is 5.10 Å². The second-order valence-electron chi connectivity index (χ2n) is 6.23. The number of ether oxygens (including phenoxy) is 1. The minimum atomic E-state index is -4.49. The van der Waals surface area contributed by atoms with Crippen LogP contribution >= 0.6 is 0 Å². The number of nitriles is 1. The molecule has 0 saturated carbocycles. The fourth-order valence-electron chi connectivity index (χ4n) is 2.65. The average Bonchev–Trinajstić information content (AvgIpc) is 2.53. The van der Waals surface area contributed by atoms with Gasteiger partial charge in [0.2, 0.25) is 0 Å². The summed E-state index contributed by atoms with van der Waals surface area (Å²) in [6, 6.07) is 6.64. The van der Waals surface area contributed by atoms with E-state index in [-0.39, 0.29) is 31.1 Å². The normalized spacial score (nSPS) is 19.0. The monoisotopic (exact) mass is 364 g/mol. The van der Waals surface area contributed by atoms with Crippen LogP contribution in [0.5, 0.6) is 0 Å². The summed E-state index contributed by atoms with van der Waals surface area (Å²) in [5, 5.41) is 14.9. The van der Waals surface area contributed by atoms with Crippen molar-refractivity contribution in [1.82, 2.24) is 0 Å². The Morgan fingerprint density at radius 3 is 2.65 bits per heavy atom. The van der Waals surface area contributed by atoms with Crippen molar-refractivity contribution in [3.05, 3.63) is 52.9 Å². The van der Waals surface area contributed by atoms with E-state index in [1.807, 2.05) is 19.9 Å². The quantitative estimate of drug-likeness (QED) is 0.819. The van der Waals surface area contributed by atoms with Gasteiger partial charge in [0.05, 0.1) is 29.2 Å². The number of nitrogens with two attached hydrogens (primary N) is 1. The number of anilines is 1. The molecule has 0 atom stereocenters. The molecule has 138 valence electrons. The van der Waals surface area contributed by atoms with Crippen LogP contribution in [0.15, 0.2) is 52.4 Å². The Morgan fingerprint density at radius 1 is 1.35 bits per heavy atom. The van der Waals surface area contributed by atoms with Gasteiger partial charge in [0, 0.05) is 5.57 Å². The van der Waals surface area contributed by atoms with Gasteiger partial charge in [-0.05, 0) is 38.1 Å². The summed E-state index contributed by atoms with van der Waals surface area (Å²) >= 11 is 0. The van der Waals surface area contributed by atoms with Crippen LogP contribution in [0.3, 0.4) is 0 Å². The van der Waals surface area contributed by atoms with Gasteiger partial charge in [-0.25, -0.2) is 5.01 Å². The highest BCUT2D eigenvalue weighted by Crippen LogP contribution is 2.35. The van der Waals surface area contributed by atoms with Gasteiger partial charge in [-0.15, -0.1) is 0 Å².